The van der Waals surface area contributed by atoms with Crippen molar-refractivity contribution in [2.24, 2.45) is 0 Å². The zero-order valence-corrected chi connectivity index (χ0v) is 17.8. The van der Waals surface area contributed by atoms with Crippen LogP contribution in [0, 0.1) is 6.92 Å². The molecule has 0 aliphatic carbocycles. The minimum absolute atomic E-state index is 0.134. The molecule has 28 heavy (non-hydrogen) atoms. The number of thioether (sulfide) groups is 1. The van der Waals surface area contributed by atoms with Gasteiger partial charge in [0.05, 0.1) is 20.6 Å². The van der Waals surface area contributed by atoms with E-state index >= 15 is 0 Å². The third kappa shape index (κ3) is 3.63. The number of anilines is 1. The summed E-state index contributed by atoms with van der Waals surface area (Å²) in [6, 6.07) is 16.7. The lowest BCUT2D eigenvalue weighted by molar-refractivity contribution is 0.268. The fourth-order valence-electron chi connectivity index (χ4n) is 2.78. The molecule has 0 unspecified atom stereocenters. The highest BCUT2D eigenvalue weighted by atomic mass is 35.5. The molecule has 2 heterocycles. The minimum atomic E-state index is -0.134. The molecule has 3 nitrogen and oxygen atoms in total. The number of halogens is 2. The van der Waals surface area contributed by atoms with Crippen LogP contribution in [0.2, 0.25) is 10.0 Å². The molecule has 1 aliphatic rings. The van der Waals surface area contributed by atoms with E-state index in [2.05, 4.69) is 0 Å². The molecule has 1 fully saturated rings. The number of carbonyl (C=O) groups excluding carboxylic acids is 1. The summed E-state index contributed by atoms with van der Waals surface area (Å²) in [6.45, 7) is 1.99. The number of carbonyl (C=O) groups is 1. The van der Waals surface area contributed by atoms with E-state index in [1.165, 1.54) is 4.90 Å². The number of benzene rings is 2. The Labute approximate surface area is 181 Å². The quantitative estimate of drug-likeness (QED) is 0.306. The first-order valence-corrected chi connectivity index (χ1v) is 10.3. The second kappa shape index (κ2) is 7.76. The first-order chi connectivity index (χ1) is 13.4. The van der Waals surface area contributed by atoms with Gasteiger partial charge < -0.3 is 4.42 Å². The fourth-order valence-corrected chi connectivity index (χ4v) is 4.44. The lowest BCUT2D eigenvalue weighted by Crippen LogP contribution is -2.26. The standard InChI is InChI=1S/C21H13Cl2NO2S2/c1-12-5-7-13(8-6-12)24-20(27)18(28-21(24)25)11-14-9-10-17(26-14)15-3-2-4-16(22)19(15)23/h2-11H,1H3. The van der Waals surface area contributed by atoms with E-state index in [1.807, 2.05) is 55.5 Å². The molecule has 0 saturated carbocycles. The van der Waals surface area contributed by atoms with Gasteiger partial charge in [0, 0.05) is 5.56 Å². The van der Waals surface area contributed by atoms with E-state index in [-0.39, 0.29) is 5.24 Å². The maximum absolute atomic E-state index is 12.5. The number of thiocarbonyl (C=S) groups is 1. The van der Waals surface area contributed by atoms with E-state index in [0.717, 1.165) is 23.0 Å². The van der Waals surface area contributed by atoms with E-state index in [4.69, 9.17) is 39.8 Å². The average molecular weight is 446 g/mol. The minimum Gasteiger partial charge on any atom is -0.457 e. The zero-order chi connectivity index (χ0) is 19.8. The number of amides is 1. The summed E-state index contributed by atoms with van der Waals surface area (Å²) in [5.41, 5.74) is 2.58. The van der Waals surface area contributed by atoms with Crippen LogP contribution in [-0.2, 0) is 0 Å². The maximum atomic E-state index is 12.5. The number of aryl methyl sites for hydroxylation is 1. The molecule has 1 aliphatic heterocycles. The van der Waals surface area contributed by atoms with Gasteiger partial charge in [0.2, 0.25) is 0 Å². The van der Waals surface area contributed by atoms with E-state index in [0.29, 0.717) is 37.0 Å². The highest BCUT2D eigenvalue weighted by Gasteiger charge is 2.33. The molecule has 0 bridgehead atoms. The van der Waals surface area contributed by atoms with E-state index in [1.54, 1.807) is 12.1 Å². The third-order valence-corrected chi connectivity index (χ3v) is 6.44. The van der Waals surface area contributed by atoms with Crippen molar-refractivity contribution in [3.8, 4) is 11.3 Å². The zero-order valence-electron chi connectivity index (χ0n) is 14.6. The Morgan fingerprint density at radius 3 is 2.57 bits per heavy atom. The van der Waals surface area contributed by atoms with Crippen LogP contribution in [0.1, 0.15) is 11.3 Å². The smallest absolute Gasteiger partial charge is 0.296 e. The van der Waals surface area contributed by atoms with Crippen molar-refractivity contribution in [1.82, 2.24) is 0 Å². The number of rotatable bonds is 3. The van der Waals surface area contributed by atoms with Crippen molar-refractivity contribution in [1.29, 1.82) is 0 Å². The number of hydrogen-bond donors (Lipinski definition) is 0. The molecule has 4 rings (SSSR count). The summed E-state index contributed by atoms with van der Waals surface area (Å²) < 4.78 is 5.89. The summed E-state index contributed by atoms with van der Waals surface area (Å²) in [6.07, 6.45) is 1.76. The Morgan fingerprint density at radius 1 is 1.07 bits per heavy atom. The summed E-state index contributed by atoms with van der Waals surface area (Å²) >= 11 is 19.0. The second-order valence-electron chi connectivity index (χ2n) is 6.16. The van der Waals surface area contributed by atoms with Gasteiger partial charge in [-0.05, 0) is 61.2 Å². The normalized spacial score (nSPS) is 15.7. The van der Waals surface area contributed by atoms with Crippen molar-refractivity contribution in [2.45, 2.75) is 6.92 Å². The van der Waals surface area contributed by atoms with Crippen molar-refractivity contribution in [3.63, 3.8) is 0 Å². The summed E-state index contributed by atoms with van der Waals surface area (Å²) in [5, 5.41) is 0.760. The molecule has 7 heteroatoms. The molecule has 1 amide bonds. The van der Waals surface area contributed by atoms with Gasteiger partial charge in [-0.1, -0.05) is 59.2 Å². The molecular weight excluding hydrogens is 433 g/mol. The molecule has 0 radical (unpaired) electrons. The summed E-state index contributed by atoms with van der Waals surface area (Å²) in [4.78, 5) is 15.1. The van der Waals surface area contributed by atoms with Crippen LogP contribution in [0.15, 0.2) is 63.9 Å². The van der Waals surface area contributed by atoms with Gasteiger partial charge in [-0.3, -0.25) is 9.69 Å². The molecule has 0 N–H and O–H groups in total. The predicted molar refractivity (Wildman–Crippen MR) is 121 cm³/mol. The second-order valence-corrected chi connectivity index (χ2v) is 8.32. The number of furan rings is 1. The van der Waals surface area contributed by atoms with Crippen molar-refractivity contribution in [3.05, 3.63) is 80.9 Å². The lowest BCUT2D eigenvalue weighted by Gasteiger charge is -2.14. The van der Waals surface area contributed by atoms with Gasteiger partial charge in [0.1, 0.15) is 16.5 Å². The Bertz CT molecular complexity index is 1120. The van der Waals surface area contributed by atoms with Crippen LogP contribution in [0.3, 0.4) is 0 Å². The van der Waals surface area contributed by atoms with Crippen LogP contribution in [-0.4, -0.2) is 10.2 Å². The SMILES string of the molecule is Cc1ccc(N2C(=O)SC(=Cc3ccc(-c4cccc(Cl)c4Cl)o3)C2=S)cc1. The van der Waals surface area contributed by atoms with Gasteiger partial charge in [-0.25, -0.2) is 0 Å². The molecular formula is C21H13Cl2NO2S2. The van der Waals surface area contributed by atoms with Crippen LogP contribution in [0.5, 0.6) is 0 Å². The summed E-state index contributed by atoms with van der Waals surface area (Å²) in [5.74, 6) is 1.17. The molecule has 140 valence electrons. The van der Waals surface area contributed by atoms with Crippen LogP contribution in [0.25, 0.3) is 17.4 Å². The van der Waals surface area contributed by atoms with Crippen molar-refractivity contribution in [2.75, 3.05) is 4.90 Å². The number of nitrogens with zero attached hydrogens (tertiary/aromatic N) is 1. The van der Waals surface area contributed by atoms with Gasteiger partial charge in [-0.15, -0.1) is 0 Å². The maximum Gasteiger partial charge on any atom is 0.296 e. The Kier molecular flexibility index (Phi) is 5.34. The van der Waals surface area contributed by atoms with Crippen LogP contribution >= 0.6 is 47.2 Å². The molecule has 2 aromatic carbocycles. The van der Waals surface area contributed by atoms with Crippen molar-refractivity contribution >= 4 is 69.2 Å². The largest absolute Gasteiger partial charge is 0.457 e. The van der Waals surface area contributed by atoms with Crippen LogP contribution < -0.4 is 4.90 Å². The van der Waals surface area contributed by atoms with Gasteiger partial charge in [0.25, 0.3) is 5.24 Å². The molecule has 0 spiro atoms. The average Bonchev–Trinajstić information content (AvgIpc) is 3.23. The topological polar surface area (TPSA) is 33.5 Å². The Balaban J connectivity index is 1.62. The fraction of sp³-hybridized carbons (Fsp3) is 0.0476. The first-order valence-electron chi connectivity index (χ1n) is 8.33. The van der Waals surface area contributed by atoms with Gasteiger partial charge in [0.15, 0.2) is 0 Å². The first kappa shape index (κ1) is 19.3. The van der Waals surface area contributed by atoms with Gasteiger partial charge in [-0.2, -0.15) is 0 Å². The predicted octanol–water partition coefficient (Wildman–Crippen LogP) is 7.60. The third-order valence-electron chi connectivity index (χ3n) is 4.20. The molecule has 1 aromatic heterocycles. The van der Waals surface area contributed by atoms with Crippen molar-refractivity contribution < 1.29 is 9.21 Å². The number of hydrogen-bond acceptors (Lipinski definition) is 4. The Hall–Kier alpha value is -2.05. The van der Waals surface area contributed by atoms with E-state index in [9.17, 15) is 4.79 Å². The van der Waals surface area contributed by atoms with E-state index < -0.39 is 0 Å². The molecule has 3 aromatic rings. The highest BCUT2D eigenvalue weighted by molar-refractivity contribution is 8.20. The summed E-state index contributed by atoms with van der Waals surface area (Å²) in [7, 11) is 0. The lowest BCUT2D eigenvalue weighted by atomic mass is 10.2. The molecule has 1 saturated heterocycles. The Morgan fingerprint density at radius 2 is 1.82 bits per heavy atom. The highest BCUT2D eigenvalue weighted by Crippen LogP contribution is 2.38. The van der Waals surface area contributed by atoms with Gasteiger partial charge >= 0.3 is 0 Å². The van der Waals surface area contributed by atoms with Crippen LogP contribution in [0.4, 0.5) is 10.5 Å². The molecule has 0 atom stereocenters. The monoisotopic (exact) mass is 445 g/mol.